The molecule has 0 fully saturated rings. The summed E-state index contributed by atoms with van der Waals surface area (Å²) in [5.74, 6) is -0.511. The van der Waals surface area contributed by atoms with Crippen molar-refractivity contribution in [1.82, 2.24) is 0 Å². The van der Waals surface area contributed by atoms with Crippen molar-refractivity contribution in [3.05, 3.63) is 0 Å². The maximum atomic E-state index is 10.8. The third-order valence-corrected chi connectivity index (χ3v) is 1.06. The van der Waals surface area contributed by atoms with Gasteiger partial charge in [-0.15, -0.1) is 0 Å². The molecule has 0 aliphatic heterocycles. The molecule has 3 nitrogen and oxygen atoms in total. The molecule has 10 heavy (non-hydrogen) atoms. The summed E-state index contributed by atoms with van der Waals surface area (Å²) in [4.78, 5) is 21.0. The van der Waals surface area contributed by atoms with E-state index < -0.39 is 5.97 Å². The van der Waals surface area contributed by atoms with Gasteiger partial charge in [0, 0.05) is 12.8 Å². The average molecular weight is 144 g/mol. The SMILES string of the molecule is CC(=O)OCC(=O)C(C)C. The number of hydrogen-bond acceptors (Lipinski definition) is 3. The summed E-state index contributed by atoms with van der Waals surface area (Å²) in [6, 6.07) is 0. The number of Topliss-reactive ketones (excluding diaryl/α,β-unsaturated/α-hetero) is 1. The van der Waals surface area contributed by atoms with Crippen molar-refractivity contribution < 1.29 is 14.3 Å². The first-order valence-electron chi connectivity index (χ1n) is 3.20. The van der Waals surface area contributed by atoms with Gasteiger partial charge < -0.3 is 4.74 Å². The average Bonchev–Trinajstić information content (AvgIpc) is 1.82. The summed E-state index contributed by atoms with van der Waals surface area (Å²) < 4.78 is 4.48. The fourth-order valence-corrected chi connectivity index (χ4v) is 0.339. The largest absolute Gasteiger partial charge is 0.458 e. The molecule has 3 heteroatoms. The first-order valence-corrected chi connectivity index (χ1v) is 3.20. The molecular formula is C7H12O3. The Morgan fingerprint density at radius 1 is 1.40 bits per heavy atom. The van der Waals surface area contributed by atoms with E-state index in [1.54, 1.807) is 13.8 Å². The molecule has 0 saturated heterocycles. The Morgan fingerprint density at radius 2 is 1.90 bits per heavy atom. The second-order valence-corrected chi connectivity index (χ2v) is 2.40. The molecule has 0 aromatic carbocycles. The zero-order chi connectivity index (χ0) is 8.15. The van der Waals surface area contributed by atoms with Gasteiger partial charge in [-0.2, -0.15) is 0 Å². The lowest BCUT2D eigenvalue weighted by Crippen LogP contribution is -2.16. The van der Waals surface area contributed by atoms with E-state index in [-0.39, 0.29) is 18.3 Å². The van der Waals surface area contributed by atoms with Crippen LogP contribution in [0.15, 0.2) is 0 Å². The van der Waals surface area contributed by atoms with Gasteiger partial charge in [0.15, 0.2) is 5.78 Å². The van der Waals surface area contributed by atoms with Crippen molar-refractivity contribution in [3.8, 4) is 0 Å². The highest BCUT2D eigenvalue weighted by molar-refractivity contribution is 5.83. The molecule has 0 spiro atoms. The minimum absolute atomic E-state index is 0.0461. The lowest BCUT2D eigenvalue weighted by Gasteiger charge is -2.02. The minimum Gasteiger partial charge on any atom is -0.458 e. The highest BCUT2D eigenvalue weighted by atomic mass is 16.5. The summed E-state index contributed by atoms with van der Waals surface area (Å²) in [5.41, 5.74) is 0. The third-order valence-electron chi connectivity index (χ3n) is 1.06. The lowest BCUT2D eigenvalue weighted by atomic mass is 10.1. The molecule has 58 valence electrons. The highest BCUT2D eigenvalue weighted by Crippen LogP contribution is 1.94. The van der Waals surface area contributed by atoms with Gasteiger partial charge >= 0.3 is 5.97 Å². The van der Waals surface area contributed by atoms with E-state index in [9.17, 15) is 9.59 Å². The van der Waals surface area contributed by atoms with E-state index in [2.05, 4.69) is 4.74 Å². The quantitative estimate of drug-likeness (QED) is 0.549. The molecule has 0 amide bonds. The van der Waals surface area contributed by atoms with Crippen LogP contribution in [0, 0.1) is 5.92 Å². The molecule has 0 aliphatic carbocycles. The summed E-state index contributed by atoms with van der Waals surface area (Å²) in [7, 11) is 0. The molecule has 0 radical (unpaired) electrons. The van der Waals surface area contributed by atoms with E-state index in [4.69, 9.17) is 0 Å². The standard InChI is InChI=1S/C7H12O3/c1-5(2)7(9)4-10-6(3)8/h5H,4H2,1-3H3. The molecular weight excluding hydrogens is 132 g/mol. The van der Waals surface area contributed by atoms with Crippen LogP contribution < -0.4 is 0 Å². The molecule has 0 saturated carbocycles. The number of ether oxygens (including phenoxy) is 1. The van der Waals surface area contributed by atoms with Crippen LogP contribution in [-0.2, 0) is 14.3 Å². The Labute approximate surface area is 60.4 Å². The van der Waals surface area contributed by atoms with E-state index in [0.717, 1.165) is 0 Å². The first-order chi connectivity index (χ1) is 4.54. The van der Waals surface area contributed by atoms with Crippen LogP contribution in [0.3, 0.4) is 0 Å². The Balaban J connectivity index is 3.50. The van der Waals surface area contributed by atoms with E-state index in [1.165, 1.54) is 6.92 Å². The van der Waals surface area contributed by atoms with Crippen LogP contribution in [0.5, 0.6) is 0 Å². The Bertz CT molecular complexity index is 138. The Kier molecular flexibility index (Phi) is 3.69. The molecule has 0 atom stereocenters. The van der Waals surface area contributed by atoms with E-state index >= 15 is 0 Å². The van der Waals surface area contributed by atoms with Gasteiger partial charge in [-0.1, -0.05) is 13.8 Å². The maximum absolute atomic E-state index is 10.8. The fraction of sp³-hybridized carbons (Fsp3) is 0.714. The van der Waals surface area contributed by atoms with Crippen LogP contribution in [0.2, 0.25) is 0 Å². The van der Waals surface area contributed by atoms with Gasteiger partial charge in [0.1, 0.15) is 6.61 Å². The van der Waals surface area contributed by atoms with Crippen molar-refractivity contribution in [2.75, 3.05) is 6.61 Å². The van der Waals surface area contributed by atoms with E-state index in [0.29, 0.717) is 0 Å². The molecule has 0 rings (SSSR count). The fourth-order valence-electron chi connectivity index (χ4n) is 0.339. The summed E-state index contributed by atoms with van der Waals surface area (Å²) >= 11 is 0. The summed E-state index contributed by atoms with van der Waals surface area (Å²) in [5, 5.41) is 0. The number of ketones is 1. The molecule has 0 aromatic rings. The minimum atomic E-state index is -0.408. The zero-order valence-corrected chi connectivity index (χ0v) is 6.51. The van der Waals surface area contributed by atoms with Gasteiger partial charge in [-0.05, 0) is 0 Å². The van der Waals surface area contributed by atoms with Gasteiger partial charge in [0.25, 0.3) is 0 Å². The normalized spacial score (nSPS) is 9.60. The van der Waals surface area contributed by atoms with Crippen molar-refractivity contribution >= 4 is 11.8 Å². The Morgan fingerprint density at radius 3 is 2.20 bits per heavy atom. The van der Waals surface area contributed by atoms with Crippen LogP contribution in [0.4, 0.5) is 0 Å². The van der Waals surface area contributed by atoms with Crippen molar-refractivity contribution in [1.29, 1.82) is 0 Å². The van der Waals surface area contributed by atoms with Crippen molar-refractivity contribution in [3.63, 3.8) is 0 Å². The van der Waals surface area contributed by atoms with Crippen LogP contribution in [0.25, 0.3) is 0 Å². The zero-order valence-electron chi connectivity index (χ0n) is 6.51. The highest BCUT2D eigenvalue weighted by Gasteiger charge is 2.07. The predicted octanol–water partition coefficient (Wildman–Crippen LogP) is 0.775. The molecule has 0 aliphatic rings. The lowest BCUT2D eigenvalue weighted by molar-refractivity contribution is -0.146. The number of hydrogen-bond donors (Lipinski definition) is 0. The van der Waals surface area contributed by atoms with Gasteiger partial charge in [0.2, 0.25) is 0 Å². The molecule has 0 N–H and O–H groups in total. The molecule has 0 heterocycles. The van der Waals surface area contributed by atoms with Gasteiger partial charge in [-0.3, -0.25) is 9.59 Å². The van der Waals surface area contributed by atoms with E-state index in [1.807, 2.05) is 0 Å². The Hall–Kier alpha value is -0.860. The number of carbonyl (C=O) groups is 2. The molecule has 0 unspecified atom stereocenters. The maximum Gasteiger partial charge on any atom is 0.303 e. The molecule has 0 aromatic heterocycles. The predicted molar refractivity (Wildman–Crippen MR) is 36.5 cm³/mol. The van der Waals surface area contributed by atoms with Crippen molar-refractivity contribution in [2.45, 2.75) is 20.8 Å². The van der Waals surface area contributed by atoms with Crippen molar-refractivity contribution in [2.24, 2.45) is 5.92 Å². The number of esters is 1. The van der Waals surface area contributed by atoms with Crippen LogP contribution >= 0.6 is 0 Å². The number of rotatable bonds is 3. The second kappa shape index (κ2) is 4.04. The third kappa shape index (κ3) is 4.06. The van der Waals surface area contributed by atoms with Gasteiger partial charge in [-0.25, -0.2) is 0 Å². The second-order valence-electron chi connectivity index (χ2n) is 2.40. The van der Waals surface area contributed by atoms with Crippen LogP contribution in [0.1, 0.15) is 20.8 Å². The number of carbonyl (C=O) groups excluding carboxylic acids is 2. The monoisotopic (exact) mass is 144 g/mol. The molecule has 0 bridgehead atoms. The summed E-state index contributed by atoms with van der Waals surface area (Å²) in [6.45, 7) is 4.73. The topological polar surface area (TPSA) is 43.4 Å². The van der Waals surface area contributed by atoms with Gasteiger partial charge in [0.05, 0.1) is 0 Å². The first kappa shape index (κ1) is 9.14. The summed E-state index contributed by atoms with van der Waals surface area (Å²) in [6.07, 6.45) is 0. The smallest absolute Gasteiger partial charge is 0.303 e. The van der Waals surface area contributed by atoms with Crippen LogP contribution in [-0.4, -0.2) is 18.4 Å².